The van der Waals surface area contributed by atoms with Gasteiger partial charge in [-0.15, -0.1) is 0 Å². The third-order valence-electron chi connectivity index (χ3n) is 3.55. The van der Waals surface area contributed by atoms with Crippen LogP contribution in [0, 0.1) is 0 Å². The van der Waals surface area contributed by atoms with E-state index in [2.05, 4.69) is 15.3 Å². The fraction of sp³-hybridized carbons (Fsp3) is 0.462. The van der Waals surface area contributed by atoms with Crippen LogP contribution < -0.4 is 14.8 Å². The number of carbonyl (C=O) groups excluding carboxylic acids is 1. The maximum absolute atomic E-state index is 12.0. The number of azide groups is 1. The molecule has 1 aromatic carbocycles. The van der Waals surface area contributed by atoms with Crippen molar-refractivity contribution in [3.8, 4) is 11.5 Å². The molecule has 1 atom stereocenters. The van der Waals surface area contributed by atoms with Crippen molar-refractivity contribution in [2.24, 2.45) is 5.11 Å². The van der Waals surface area contributed by atoms with Crippen molar-refractivity contribution in [1.29, 1.82) is 0 Å². The SMILES string of the molecule is [N-]=[N+]=NC1CCN(C(=O)NCc2ccc3c(c2)OCO3)C1. The number of hydrogen-bond donors (Lipinski definition) is 1. The monoisotopic (exact) mass is 289 g/mol. The summed E-state index contributed by atoms with van der Waals surface area (Å²) < 4.78 is 10.5. The zero-order valence-electron chi connectivity index (χ0n) is 11.4. The van der Waals surface area contributed by atoms with Gasteiger partial charge in [-0.1, -0.05) is 11.2 Å². The second kappa shape index (κ2) is 5.80. The number of hydrogen-bond acceptors (Lipinski definition) is 4. The first-order valence-corrected chi connectivity index (χ1v) is 6.72. The Balaban J connectivity index is 1.53. The first-order chi connectivity index (χ1) is 10.3. The Morgan fingerprint density at radius 3 is 3.19 bits per heavy atom. The summed E-state index contributed by atoms with van der Waals surface area (Å²) >= 11 is 0. The average Bonchev–Trinajstić information content (AvgIpc) is 3.13. The van der Waals surface area contributed by atoms with Crippen molar-refractivity contribution >= 4 is 6.03 Å². The predicted molar refractivity (Wildman–Crippen MR) is 73.9 cm³/mol. The number of benzene rings is 1. The third kappa shape index (κ3) is 2.95. The van der Waals surface area contributed by atoms with E-state index in [0.29, 0.717) is 31.8 Å². The summed E-state index contributed by atoms with van der Waals surface area (Å²) in [6, 6.07) is 5.31. The Morgan fingerprint density at radius 2 is 2.33 bits per heavy atom. The molecular formula is C13H15N5O3. The van der Waals surface area contributed by atoms with E-state index in [1.54, 1.807) is 4.90 Å². The minimum absolute atomic E-state index is 0.119. The topological polar surface area (TPSA) is 99.6 Å². The normalized spacial score (nSPS) is 19.2. The molecule has 2 amide bonds. The van der Waals surface area contributed by atoms with Crippen molar-refractivity contribution in [1.82, 2.24) is 10.2 Å². The van der Waals surface area contributed by atoms with Crippen LogP contribution in [0.2, 0.25) is 0 Å². The van der Waals surface area contributed by atoms with E-state index in [0.717, 1.165) is 11.3 Å². The van der Waals surface area contributed by atoms with Crippen molar-refractivity contribution in [2.45, 2.75) is 19.0 Å². The van der Waals surface area contributed by atoms with Crippen LogP contribution in [-0.4, -0.2) is 36.9 Å². The first kappa shape index (κ1) is 13.4. The van der Waals surface area contributed by atoms with Crippen LogP contribution in [0.1, 0.15) is 12.0 Å². The van der Waals surface area contributed by atoms with Crippen LogP contribution in [0.3, 0.4) is 0 Å². The van der Waals surface area contributed by atoms with Gasteiger partial charge >= 0.3 is 6.03 Å². The van der Waals surface area contributed by atoms with Gasteiger partial charge in [0.05, 0.1) is 6.04 Å². The number of rotatable bonds is 3. The molecule has 0 saturated carbocycles. The Kier molecular flexibility index (Phi) is 3.70. The molecule has 8 nitrogen and oxygen atoms in total. The van der Waals surface area contributed by atoms with E-state index in [4.69, 9.17) is 15.0 Å². The largest absolute Gasteiger partial charge is 0.454 e. The summed E-state index contributed by atoms with van der Waals surface area (Å²) in [5, 5.41) is 6.49. The van der Waals surface area contributed by atoms with Crippen molar-refractivity contribution in [3.63, 3.8) is 0 Å². The summed E-state index contributed by atoms with van der Waals surface area (Å²) in [5.41, 5.74) is 9.34. The molecule has 0 radical (unpaired) electrons. The van der Waals surface area contributed by atoms with Gasteiger partial charge in [-0.2, -0.15) is 0 Å². The average molecular weight is 289 g/mol. The number of nitrogens with zero attached hydrogens (tertiary/aromatic N) is 4. The van der Waals surface area contributed by atoms with Crippen LogP contribution >= 0.6 is 0 Å². The molecule has 0 bridgehead atoms. The van der Waals surface area contributed by atoms with E-state index in [1.807, 2.05) is 18.2 Å². The second-order valence-corrected chi connectivity index (χ2v) is 4.94. The third-order valence-corrected chi connectivity index (χ3v) is 3.55. The number of fused-ring (bicyclic) bond motifs is 1. The van der Waals surface area contributed by atoms with Crippen molar-refractivity contribution in [2.75, 3.05) is 19.9 Å². The lowest BCUT2D eigenvalue weighted by Gasteiger charge is -2.16. The Bertz CT molecular complexity index is 599. The zero-order valence-corrected chi connectivity index (χ0v) is 11.4. The van der Waals surface area contributed by atoms with Gasteiger partial charge in [-0.05, 0) is 29.6 Å². The molecule has 21 heavy (non-hydrogen) atoms. The van der Waals surface area contributed by atoms with Gasteiger partial charge in [0.25, 0.3) is 0 Å². The van der Waals surface area contributed by atoms with Crippen LogP contribution in [0.15, 0.2) is 23.3 Å². The van der Waals surface area contributed by atoms with E-state index in [9.17, 15) is 4.79 Å². The fourth-order valence-corrected chi connectivity index (χ4v) is 2.43. The summed E-state index contributed by atoms with van der Waals surface area (Å²) in [5.74, 6) is 1.42. The van der Waals surface area contributed by atoms with Gasteiger partial charge in [0.2, 0.25) is 6.79 Å². The van der Waals surface area contributed by atoms with Gasteiger partial charge in [-0.25, -0.2) is 4.79 Å². The molecule has 1 fully saturated rings. The number of urea groups is 1. The van der Waals surface area contributed by atoms with E-state index >= 15 is 0 Å². The van der Waals surface area contributed by atoms with Crippen LogP contribution in [0.25, 0.3) is 10.4 Å². The van der Waals surface area contributed by atoms with Gasteiger partial charge in [0.1, 0.15) is 0 Å². The van der Waals surface area contributed by atoms with E-state index in [-0.39, 0.29) is 18.9 Å². The number of ether oxygens (including phenoxy) is 2. The minimum Gasteiger partial charge on any atom is -0.454 e. The summed E-state index contributed by atoms with van der Waals surface area (Å²) in [7, 11) is 0. The van der Waals surface area contributed by atoms with Crippen molar-refractivity contribution in [3.05, 3.63) is 34.2 Å². The molecule has 0 spiro atoms. The highest BCUT2D eigenvalue weighted by Crippen LogP contribution is 2.32. The molecule has 1 N–H and O–H groups in total. The molecule has 2 heterocycles. The molecule has 8 heteroatoms. The molecule has 1 aromatic rings. The number of likely N-dealkylation sites (tertiary alicyclic amines) is 1. The van der Waals surface area contributed by atoms with Gasteiger partial charge in [0, 0.05) is 24.5 Å². The number of nitrogens with one attached hydrogen (secondary N) is 1. The molecule has 110 valence electrons. The summed E-state index contributed by atoms with van der Waals surface area (Å²) in [6.07, 6.45) is 0.710. The fourth-order valence-electron chi connectivity index (χ4n) is 2.43. The smallest absolute Gasteiger partial charge is 0.317 e. The van der Waals surface area contributed by atoms with Crippen LogP contribution in [0.4, 0.5) is 4.79 Å². The minimum atomic E-state index is -0.150. The molecule has 0 aliphatic carbocycles. The molecule has 2 aliphatic heterocycles. The second-order valence-electron chi connectivity index (χ2n) is 4.94. The lowest BCUT2D eigenvalue weighted by atomic mass is 10.2. The highest BCUT2D eigenvalue weighted by atomic mass is 16.7. The zero-order chi connectivity index (χ0) is 14.7. The molecular weight excluding hydrogens is 274 g/mol. The number of carbonyl (C=O) groups is 1. The van der Waals surface area contributed by atoms with Crippen molar-refractivity contribution < 1.29 is 14.3 Å². The Labute approximate surface area is 121 Å². The highest BCUT2D eigenvalue weighted by Gasteiger charge is 2.25. The summed E-state index contributed by atoms with van der Waals surface area (Å²) in [4.78, 5) is 16.5. The van der Waals surface area contributed by atoms with E-state index in [1.165, 1.54) is 0 Å². The van der Waals surface area contributed by atoms with Gasteiger partial charge < -0.3 is 19.7 Å². The lowest BCUT2D eigenvalue weighted by molar-refractivity contribution is 0.174. The molecule has 1 saturated heterocycles. The Hall–Kier alpha value is -2.60. The summed E-state index contributed by atoms with van der Waals surface area (Å²) in [6.45, 7) is 1.73. The molecule has 2 aliphatic rings. The maximum atomic E-state index is 12.0. The van der Waals surface area contributed by atoms with E-state index < -0.39 is 0 Å². The molecule has 3 rings (SSSR count). The first-order valence-electron chi connectivity index (χ1n) is 6.72. The quantitative estimate of drug-likeness (QED) is 0.523. The lowest BCUT2D eigenvalue weighted by Crippen LogP contribution is -2.38. The number of amides is 2. The van der Waals surface area contributed by atoms with Gasteiger partial charge in [-0.3, -0.25) is 0 Å². The molecule has 0 aromatic heterocycles. The van der Waals surface area contributed by atoms with Crippen LogP contribution in [0.5, 0.6) is 11.5 Å². The highest BCUT2D eigenvalue weighted by molar-refractivity contribution is 5.74. The maximum Gasteiger partial charge on any atom is 0.317 e. The Morgan fingerprint density at radius 1 is 1.48 bits per heavy atom. The standard InChI is InChI=1S/C13H15N5O3/c14-17-16-10-3-4-18(7-10)13(19)15-6-9-1-2-11-12(5-9)21-8-20-11/h1-2,5,10H,3-4,6-8H2,(H,15,19). The predicted octanol–water partition coefficient (Wildman–Crippen LogP) is 2.01. The molecule has 1 unspecified atom stereocenters. The van der Waals surface area contributed by atoms with Crippen LogP contribution in [-0.2, 0) is 6.54 Å². The van der Waals surface area contributed by atoms with Gasteiger partial charge in [0.15, 0.2) is 11.5 Å².